The first-order valence-corrected chi connectivity index (χ1v) is 6.42. The van der Waals surface area contributed by atoms with Crippen molar-refractivity contribution in [1.82, 2.24) is 0 Å². The number of nitrogens with zero attached hydrogens (tertiary/aromatic N) is 1. The van der Waals surface area contributed by atoms with Crippen LogP contribution in [0.4, 0.5) is 21.5 Å². The van der Waals surface area contributed by atoms with Crippen molar-refractivity contribution >= 4 is 17.1 Å². The lowest BCUT2D eigenvalue weighted by Crippen LogP contribution is -2.18. The minimum atomic E-state index is -0.262. The summed E-state index contributed by atoms with van der Waals surface area (Å²) in [6, 6.07) is 11.4. The predicted molar refractivity (Wildman–Crippen MR) is 79.4 cm³/mol. The Balaban J connectivity index is 2.51. The lowest BCUT2D eigenvalue weighted by molar-refractivity contribution is 0.619. The Kier molecular flexibility index (Phi) is 3.74. The summed E-state index contributed by atoms with van der Waals surface area (Å²) in [7, 11) is 0. The topological polar surface area (TPSA) is 29.3 Å². The van der Waals surface area contributed by atoms with Crippen LogP contribution in [0.1, 0.15) is 18.1 Å². The zero-order valence-corrected chi connectivity index (χ0v) is 11.6. The molecule has 0 saturated heterocycles. The van der Waals surface area contributed by atoms with Gasteiger partial charge in [0.2, 0.25) is 0 Å². The van der Waals surface area contributed by atoms with Crippen molar-refractivity contribution in [3.63, 3.8) is 0 Å². The van der Waals surface area contributed by atoms with Crippen LogP contribution in [0, 0.1) is 19.7 Å². The third kappa shape index (κ3) is 2.70. The van der Waals surface area contributed by atoms with Crippen LogP contribution in [0.2, 0.25) is 0 Å². The Morgan fingerprint density at radius 2 is 1.89 bits per heavy atom. The zero-order valence-electron chi connectivity index (χ0n) is 11.6. The molecule has 2 aromatic rings. The number of hydrogen-bond acceptors (Lipinski definition) is 2. The highest BCUT2D eigenvalue weighted by Crippen LogP contribution is 2.32. The first-order valence-electron chi connectivity index (χ1n) is 6.42. The highest BCUT2D eigenvalue weighted by molar-refractivity contribution is 5.75. The van der Waals surface area contributed by atoms with Crippen LogP contribution in [0.15, 0.2) is 36.4 Å². The van der Waals surface area contributed by atoms with Crippen LogP contribution < -0.4 is 10.6 Å². The molecule has 0 unspecified atom stereocenters. The van der Waals surface area contributed by atoms with Crippen LogP contribution >= 0.6 is 0 Å². The molecule has 0 amide bonds. The van der Waals surface area contributed by atoms with Gasteiger partial charge in [0.05, 0.1) is 11.4 Å². The molecule has 100 valence electrons. The van der Waals surface area contributed by atoms with E-state index in [-0.39, 0.29) is 5.82 Å². The van der Waals surface area contributed by atoms with E-state index in [9.17, 15) is 4.39 Å². The second-order valence-electron chi connectivity index (χ2n) is 4.74. The molecule has 2 N–H and O–H groups in total. The number of benzene rings is 2. The van der Waals surface area contributed by atoms with Crippen molar-refractivity contribution in [2.45, 2.75) is 20.8 Å². The summed E-state index contributed by atoms with van der Waals surface area (Å²) in [5, 5.41) is 0. The summed E-state index contributed by atoms with van der Waals surface area (Å²) < 4.78 is 13.5. The van der Waals surface area contributed by atoms with Gasteiger partial charge in [0.1, 0.15) is 5.82 Å². The highest BCUT2D eigenvalue weighted by atomic mass is 19.1. The molecule has 2 aromatic carbocycles. The second-order valence-corrected chi connectivity index (χ2v) is 4.74. The molecule has 0 spiro atoms. The fraction of sp³-hybridized carbons (Fsp3) is 0.250. The molecular formula is C16H19FN2. The molecule has 0 aliphatic heterocycles. The molecule has 3 heteroatoms. The third-order valence-corrected chi connectivity index (χ3v) is 3.23. The molecule has 0 bridgehead atoms. The van der Waals surface area contributed by atoms with Gasteiger partial charge in [-0.05, 0) is 56.2 Å². The van der Waals surface area contributed by atoms with E-state index in [0.717, 1.165) is 17.9 Å². The van der Waals surface area contributed by atoms with Crippen LogP contribution in [0.25, 0.3) is 0 Å². The molecule has 0 aliphatic rings. The molecule has 2 rings (SSSR count). The van der Waals surface area contributed by atoms with Gasteiger partial charge in [0.25, 0.3) is 0 Å². The Morgan fingerprint density at radius 3 is 2.53 bits per heavy atom. The predicted octanol–water partition coefficient (Wildman–Crippen LogP) is 4.18. The molecule has 0 heterocycles. The first kappa shape index (κ1) is 13.4. The van der Waals surface area contributed by atoms with E-state index in [1.54, 1.807) is 13.0 Å². The maximum Gasteiger partial charge on any atom is 0.128 e. The average molecular weight is 258 g/mol. The van der Waals surface area contributed by atoms with E-state index in [4.69, 9.17) is 5.73 Å². The van der Waals surface area contributed by atoms with E-state index in [1.165, 1.54) is 11.6 Å². The Hall–Kier alpha value is -2.03. The maximum atomic E-state index is 13.5. The molecule has 0 atom stereocenters. The molecule has 0 aromatic heterocycles. The summed E-state index contributed by atoms with van der Waals surface area (Å²) >= 11 is 0. The van der Waals surface area contributed by atoms with Gasteiger partial charge in [-0.25, -0.2) is 4.39 Å². The lowest BCUT2D eigenvalue weighted by Gasteiger charge is -2.25. The molecule has 0 aliphatic carbocycles. The minimum Gasteiger partial charge on any atom is -0.397 e. The Bertz CT molecular complexity index is 593. The number of aryl methyl sites for hydroxylation is 2. The quantitative estimate of drug-likeness (QED) is 0.837. The standard InChI is InChI=1S/C16H19FN2/c1-4-19(13-7-5-6-11(2)8-13)16-9-12(3)14(17)10-15(16)18/h5-10H,4,18H2,1-3H3. The van der Waals surface area contributed by atoms with Gasteiger partial charge in [-0.3, -0.25) is 0 Å². The number of anilines is 3. The molecule has 19 heavy (non-hydrogen) atoms. The largest absolute Gasteiger partial charge is 0.397 e. The smallest absolute Gasteiger partial charge is 0.128 e. The molecule has 0 radical (unpaired) electrons. The summed E-state index contributed by atoms with van der Waals surface area (Å²) in [6.45, 7) is 6.64. The van der Waals surface area contributed by atoms with E-state index in [1.807, 2.05) is 12.1 Å². The van der Waals surface area contributed by atoms with Crippen molar-refractivity contribution in [3.05, 3.63) is 53.3 Å². The van der Waals surface area contributed by atoms with E-state index < -0.39 is 0 Å². The second kappa shape index (κ2) is 5.31. The summed E-state index contributed by atoms with van der Waals surface area (Å²) in [5.41, 5.74) is 10.1. The summed E-state index contributed by atoms with van der Waals surface area (Å²) in [5.74, 6) is -0.262. The minimum absolute atomic E-state index is 0.262. The monoisotopic (exact) mass is 258 g/mol. The number of nitrogen functional groups attached to an aromatic ring is 1. The van der Waals surface area contributed by atoms with Crippen molar-refractivity contribution < 1.29 is 4.39 Å². The van der Waals surface area contributed by atoms with Crippen molar-refractivity contribution in [1.29, 1.82) is 0 Å². The van der Waals surface area contributed by atoms with Gasteiger partial charge in [0.15, 0.2) is 0 Å². The molecular weight excluding hydrogens is 239 g/mol. The Labute approximate surface area is 113 Å². The van der Waals surface area contributed by atoms with E-state index in [0.29, 0.717) is 11.3 Å². The van der Waals surface area contributed by atoms with E-state index in [2.05, 4.69) is 30.9 Å². The van der Waals surface area contributed by atoms with Gasteiger partial charge < -0.3 is 10.6 Å². The summed E-state index contributed by atoms with van der Waals surface area (Å²) in [4.78, 5) is 2.09. The van der Waals surface area contributed by atoms with Crippen molar-refractivity contribution in [3.8, 4) is 0 Å². The SMILES string of the molecule is CCN(c1cccc(C)c1)c1cc(C)c(F)cc1N. The fourth-order valence-electron chi connectivity index (χ4n) is 2.20. The number of nitrogens with two attached hydrogens (primary N) is 1. The average Bonchev–Trinajstić information content (AvgIpc) is 2.36. The van der Waals surface area contributed by atoms with Gasteiger partial charge in [-0.1, -0.05) is 12.1 Å². The number of halogens is 1. The van der Waals surface area contributed by atoms with Gasteiger partial charge in [-0.2, -0.15) is 0 Å². The zero-order chi connectivity index (χ0) is 14.0. The number of rotatable bonds is 3. The van der Waals surface area contributed by atoms with Gasteiger partial charge in [0, 0.05) is 12.2 Å². The normalized spacial score (nSPS) is 10.5. The molecule has 2 nitrogen and oxygen atoms in total. The molecule has 0 fully saturated rings. The van der Waals surface area contributed by atoms with Gasteiger partial charge in [-0.15, -0.1) is 0 Å². The third-order valence-electron chi connectivity index (χ3n) is 3.23. The molecule has 0 saturated carbocycles. The van der Waals surface area contributed by atoms with Crippen LogP contribution in [0.3, 0.4) is 0 Å². The first-order chi connectivity index (χ1) is 9.02. The Morgan fingerprint density at radius 1 is 1.16 bits per heavy atom. The van der Waals surface area contributed by atoms with Gasteiger partial charge >= 0.3 is 0 Å². The maximum absolute atomic E-state index is 13.5. The lowest BCUT2D eigenvalue weighted by atomic mass is 10.1. The van der Waals surface area contributed by atoms with Crippen LogP contribution in [-0.2, 0) is 0 Å². The number of hydrogen-bond donors (Lipinski definition) is 1. The fourth-order valence-corrected chi connectivity index (χ4v) is 2.20. The van der Waals surface area contributed by atoms with Crippen molar-refractivity contribution in [2.24, 2.45) is 0 Å². The highest BCUT2D eigenvalue weighted by Gasteiger charge is 2.13. The van der Waals surface area contributed by atoms with Crippen LogP contribution in [-0.4, -0.2) is 6.54 Å². The van der Waals surface area contributed by atoms with E-state index >= 15 is 0 Å². The summed E-state index contributed by atoms with van der Waals surface area (Å²) in [6.07, 6.45) is 0. The van der Waals surface area contributed by atoms with Crippen LogP contribution in [0.5, 0.6) is 0 Å². The van der Waals surface area contributed by atoms with Crippen molar-refractivity contribution in [2.75, 3.05) is 17.2 Å².